The first-order chi connectivity index (χ1) is 9.76. The Bertz CT molecular complexity index is 365. The van der Waals surface area contributed by atoms with Crippen molar-refractivity contribution in [2.45, 2.75) is 45.7 Å². The van der Waals surface area contributed by atoms with Crippen molar-refractivity contribution in [3.8, 4) is 0 Å². The molecule has 1 saturated heterocycles. The Morgan fingerprint density at radius 1 is 1.33 bits per heavy atom. The van der Waals surface area contributed by atoms with E-state index < -0.39 is 0 Å². The number of hydrogen-bond acceptors (Lipinski definition) is 4. The summed E-state index contributed by atoms with van der Waals surface area (Å²) in [6.07, 6.45) is 0.870. The second-order valence-electron chi connectivity index (χ2n) is 6.45. The van der Waals surface area contributed by atoms with Crippen molar-refractivity contribution in [1.29, 1.82) is 0 Å². The minimum atomic E-state index is -0.317. The Morgan fingerprint density at radius 2 is 1.90 bits per heavy atom. The van der Waals surface area contributed by atoms with Gasteiger partial charge in [0.25, 0.3) is 0 Å². The SMILES string of the molecule is CCC(C)(C)NC(=O)C(C)N(C)CC(=O)N1CCNCC1. The summed E-state index contributed by atoms with van der Waals surface area (Å²) >= 11 is 0. The maximum absolute atomic E-state index is 12.2. The number of piperazine rings is 1. The Morgan fingerprint density at radius 3 is 2.43 bits per heavy atom. The molecule has 1 fully saturated rings. The monoisotopic (exact) mass is 298 g/mol. The largest absolute Gasteiger partial charge is 0.350 e. The Kier molecular flexibility index (Phi) is 6.61. The third-order valence-corrected chi connectivity index (χ3v) is 4.24. The molecule has 2 N–H and O–H groups in total. The van der Waals surface area contributed by atoms with Gasteiger partial charge in [-0.3, -0.25) is 14.5 Å². The molecule has 0 aromatic heterocycles. The van der Waals surface area contributed by atoms with Crippen LogP contribution < -0.4 is 10.6 Å². The first-order valence-corrected chi connectivity index (χ1v) is 7.77. The van der Waals surface area contributed by atoms with Gasteiger partial charge in [-0.1, -0.05) is 6.92 Å². The second-order valence-corrected chi connectivity index (χ2v) is 6.45. The minimum Gasteiger partial charge on any atom is -0.350 e. The third kappa shape index (κ3) is 5.63. The molecule has 1 aliphatic heterocycles. The van der Waals surface area contributed by atoms with E-state index in [2.05, 4.69) is 10.6 Å². The number of likely N-dealkylation sites (N-methyl/N-ethyl adjacent to an activating group) is 1. The van der Waals surface area contributed by atoms with Crippen LogP contribution in [0.3, 0.4) is 0 Å². The van der Waals surface area contributed by atoms with Crippen LogP contribution in [0.2, 0.25) is 0 Å². The van der Waals surface area contributed by atoms with Crippen LogP contribution in [0.1, 0.15) is 34.1 Å². The van der Waals surface area contributed by atoms with Gasteiger partial charge in [0.05, 0.1) is 12.6 Å². The van der Waals surface area contributed by atoms with Gasteiger partial charge in [0, 0.05) is 31.7 Å². The fourth-order valence-electron chi connectivity index (χ4n) is 2.09. The van der Waals surface area contributed by atoms with Crippen LogP contribution in [0.25, 0.3) is 0 Å². The van der Waals surface area contributed by atoms with E-state index in [0.29, 0.717) is 0 Å². The molecule has 1 atom stereocenters. The molecule has 122 valence electrons. The van der Waals surface area contributed by atoms with Crippen molar-refractivity contribution in [1.82, 2.24) is 20.4 Å². The van der Waals surface area contributed by atoms with Crippen LogP contribution in [0, 0.1) is 0 Å². The zero-order valence-corrected chi connectivity index (χ0v) is 14.0. The van der Waals surface area contributed by atoms with Gasteiger partial charge in [-0.05, 0) is 34.2 Å². The van der Waals surface area contributed by atoms with E-state index in [0.717, 1.165) is 32.6 Å². The number of hydrogen-bond donors (Lipinski definition) is 2. The molecule has 0 aliphatic carbocycles. The van der Waals surface area contributed by atoms with Gasteiger partial charge in [0.1, 0.15) is 0 Å². The Hall–Kier alpha value is -1.14. The molecule has 1 aliphatic rings. The average Bonchev–Trinajstić information content (AvgIpc) is 2.46. The smallest absolute Gasteiger partial charge is 0.237 e. The van der Waals surface area contributed by atoms with Crippen molar-refractivity contribution < 1.29 is 9.59 Å². The third-order valence-electron chi connectivity index (χ3n) is 4.24. The maximum atomic E-state index is 12.2. The molecular formula is C15H30N4O2. The Balaban J connectivity index is 2.47. The molecule has 6 heteroatoms. The van der Waals surface area contributed by atoms with Crippen LogP contribution in [0.5, 0.6) is 0 Å². The molecular weight excluding hydrogens is 268 g/mol. The normalized spacial score (nSPS) is 17.7. The highest BCUT2D eigenvalue weighted by Crippen LogP contribution is 2.08. The first-order valence-electron chi connectivity index (χ1n) is 7.77. The molecule has 0 bridgehead atoms. The summed E-state index contributed by atoms with van der Waals surface area (Å²) in [6, 6.07) is -0.317. The lowest BCUT2D eigenvalue weighted by atomic mass is 10.0. The van der Waals surface area contributed by atoms with Crippen LogP contribution in [-0.2, 0) is 9.59 Å². The summed E-state index contributed by atoms with van der Waals surface area (Å²) in [4.78, 5) is 28.1. The average molecular weight is 298 g/mol. The minimum absolute atomic E-state index is 0.0301. The quantitative estimate of drug-likeness (QED) is 0.727. The van der Waals surface area contributed by atoms with E-state index >= 15 is 0 Å². The summed E-state index contributed by atoms with van der Waals surface area (Å²) in [7, 11) is 1.82. The van der Waals surface area contributed by atoms with Gasteiger partial charge >= 0.3 is 0 Å². The topological polar surface area (TPSA) is 64.7 Å². The van der Waals surface area contributed by atoms with Crippen LogP contribution >= 0.6 is 0 Å². The van der Waals surface area contributed by atoms with Crippen molar-refractivity contribution in [3.05, 3.63) is 0 Å². The molecule has 0 aromatic rings. The molecule has 1 heterocycles. The van der Waals surface area contributed by atoms with Gasteiger partial charge in [0.15, 0.2) is 0 Å². The summed E-state index contributed by atoms with van der Waals surface area (Å²) < 4.78 is 0. The number of nitrogens with zero attached hydrogens (tertiary/aromatic N) is 2. The lowest BCUT2D eigenvalue weighted by Gasteiger charge is -2.32. The van der Waals surface area contributed by atoms with Crippen LogP contribution in [0.15, 0.2) is 0 Å². The van der Waals surface area contributed by atoms with Gasteiger partial charge in [-0.25, -0.2) is 0 Å². The predicted octanol–water partition coefficient (Wildman–Crippen LogP) is 0.0433. The van der Waals surface area contributed by atoms with Crippen molar-refractivity contribution in [3.63, 3.8) is 0 Å². The van der Waals surface area contributed by atoms with E-state index in [1.165, 1.54) is 0 Å². The number of carbonyl (C=O) groups is 2. The lowest BCUT2D eigenvalue weighted by Crippen LogP contribution is -2.54. The van der Waals surface area contributed by atoms with E-state index in [-0.39, 0.29) is 29.9 Å². The Labute approximate surface area is 128 Å². The van der Waals surface area contributed by atoms with Gasteiger partial charge in [-0.15, -0.1) is 0 Å². The molecule has 21 heavy (non-hydrogen) atoms. The first kappa shape index (κ1) is 17.9. The molecule has 6 nitrogen and oxygen atoms in total. The number of amides is 2. The van der Waals surface area contributed by atoms with Crippen molar-refractivity contribution in [2.75, 3.05) is 39.8 Å². The summed E-state index contributed by atoms with van der Waals surface area (Å²) in [5.41, 5.74) is -0.214. The fraction of sp³-hybridized carbons (Fsp3) is 0.867. The molecule has 2 amide bonds. The van der Waals surface area contributed by atoms with E-state index in [1.54, 1.807) is 0 Å². The zero-order chi connectivity index (χ0) is 16.0. The van der Waals surface area contributed by atoms with Crippen molar-refractivity contribution in [2.24, 2.45) is 0 Å². The van der Waals surface area contributed by atoms with Crippen molar-refractivity contribution >= 4 is 11.8 Å². The highest BCUT2D eigenvalue weighted by atomic mass is 16.2. The van der Waals surface area contributed by atoms with Crippen LogP contribution in [-0.4, -0.2) is 73.0 Å². The van der Waals surface area contributed by atoms with Gasteiger partial charge in [0.2, 0.25) is 11.8 Å². The fourth-order valence-corrected chi connectivity index (χ4v) is 2.09. The van der Waals surface area contributed by atoms with Gasteiger partial charge in [-0.2, -0.15) is 0 Å². The van der Waals surface area contributed by atoms with E-state index in [9.17, 15) is 9.59 Å². The molecule has 0 saturated carbocycles. The van der Waals surface area contributed by atoms with Gasteiger partial charge < -0.3 is 15.5 Å². The second kappa shape index (κ2) is 7.75. The molecule has 0 spiro atoms. The molecule has 1 rings (SSSR count). The van der Waals surface area contributed by atoms with E-state index in [4.69, 9.17) is 0 Å². The van der Waals surface area contributed by atoms with Crippen LogP contribution in [0.4, 0.5) is 0 Å². The summed E-state index contributed by atoms with van der Waals surface area (Å²) in [5, 5.41) is 6.25. The summed E-state index contributed by atoms with van der Waals surface area (Å²) in [5.74, 6) is 0.0610. The standard InChI is InChI=1S/C15H30N4O2/c1-6-15(3,4)17-14(21)12(2)18(5)11-13(20)19-9-7-16-8-10-19/h12,16H,6-11H2,1-5H3,(H,17,21). The maximum Gasteiger partial charge on any atom is 0.237 e. The highest BCUT2D eigenvalue weighted by molar-refractivity contribution is 5.83. The molecule has 1 unspecified atom stereocenters. The molecule has 0 radical (unpaired) electrons. The number of nitrogens with one attached hydrogen (secondary N) is 2. The van der Waals surface area contributed by atoms with E-state index in [1.807, 2.05) is 44.5 Å². The zero-order valence-electron chi connectivity index (χ0n) is 14.0. The number of rotatable bonds is 6. The lowest BCUT2D eigenvalue weighted by molar-refractivity contribution is -0.134. The molecule has 0 aromatic carbocycles. The number of carbonyl (C=O) groups excluding carboxylic acids is 2. The summed E-state index contributed by atoms with van der Waals surface area (Å²) in [6.45, 7) is 11.3. The predicted molar refractivity (Wildman–Crippen MR) is 84.1 cm³/mol. The highest BCUT2D eigenvalue weighted by Gasteiger charge is 2.26.